The van der Waals surface area contributed by atoms with Crippen LogP contribution in [0.25, 0.3) is 0 Å². The maximum absolute atomic E-state index is 12.5. The van der Waals surface area contributed by atoms with Crippen molar-refractivity contribution in [2.24, 2.45) is 0 Å². The van der Waals surface area contributed by atoms with Gasteiger partial charge in [0.05, 0.1) is 24.8 Å². The van der Waals surface area contributed by atoms with Crippen molar-refractivity contribution in [3.05, 3.63) is 17.0 Å². The molecule has 0 aliphatic carbocycles. The van der Waals surface area contributed by atoms with Gasteiger partial charge in [0.1, 0.15) is 6.54 Å². The van der Waals surface area contributed by atoms with E-state index in [0.29, 0.717) is 30.1 Å². The standard InChI is InChI=1S/C13H18F3N3O2/c1-8(12(20)19-5-4-6-21-19)11-9(2)17-18(10(11)3)7-13(14,15)16/h8H,4-7H2,1-3H3. The Balaban J connectivity index is 2.24. The van der Waals surface area contributed by atoms with Crippen LogP contribution < -0.4 is 0 Å². The lowest BCUT2D eigenvalue weighted by Gasteiger charge is -2.19. The van der Waals surface area contributed by atoms with Crippen LogP contribution in [-0.4, -0.2) is 40.1 Å². The number of hydrogen-bond donors (Lipinski definition) is 0. The molecular weight excluding hydrogens is 287 g/mol. The van der Waals surface area contributed by atoms with Gasteiger partial charge in [0, 0.05) is 11.3 Å². The number of carbonyl (C=O) groups is 1. The summed E-state index contributed by atoms with van der Waals surface area (Å²) in [6.07, 6.45) is -3.57. The predicted molar refractivity (Wildman–Crippen MR) is 68.5 cm³/mol. The normalized spacial score (nSPS) is 17.3. The number of rotatable bonds is 3. The van der Waals surface area contributed by atoms with Crippen molar-refractivity contribution < 1.29 is 22.8 Å². The fourth-order valence-electron chi connectivity index (χ4n) is 2.62. The first kappa shape index (κ1) is 15.8. The molecule has 1 aromatic heterocycles. The largest absolute Gasteiger partial charge is 0.408 e. The first-order valence-electron chi connectivity index (χ1n) is 6.75. The lowest BCUT2D eigenvalue weighted by atomic mass is 9.98. The van der Waals surface area contributed by atoms with Gasteiger partial charge in [-0.15, -0.1) is 0 Å². The van der Waals surface area contributed by atoms with Crippen LogP contribution >= 0.6 is 0 Å². The van der Waals surface area contributed by atoms with Crippen LogP contribution in [0.1, 0.15) is 36.2 Å². The molecule has 0 bridgehead atoms. The molecule has 0 aromatic carbocycles. The summed E-state index contributed by atoms with van der Waals surface area (Å²) in [5.41, 5.74) is 1.35. The molecule has 1 aliphatic rings. The van der Waals surface area contributed by atoms with Crippen molar-refractivity contribution in [3.8, 4) is 0 Å². The molecule has 1 saturated heterocycles. The number of hydrogen-bond acceptors (Lipinski definition) is 3. The van der Waals surface area contributed by atoms with E-state index in [9.17, 15) is 18.0 Å². The lowest BCUT2D eigenvalue weighted by Crippen LogP contribution is -2.31. The van der Waals surface area contributed by atoms with Crippen molar-refractivity contribution in [2.75, 3.05) is 13.2 Å². The van der Waals surface area contributed by atoms with E-state index < -0.39 is 18.6 Å². The molecule has 2 heterocycles. The number of nitrogens with zero attached hydrogens (tertiary/aromatic N) is 3. The van der Waals surface area contributed by atoms with Crippen LogP contribution in [0.4, 0.5) is 13.2 Å². The number of carbonyl (C=O) groups excluding carboxylic acids is 1. The number of aryl methyl sites for hydroxylation is 1. The quantitative estimate of drug-likeness (QED) is 0.861. The highest BCUT2D eigenvalue weighted by molar-refractivity contribution is 5.83. The second-order valence-electron chi connectivity index (χ2n) is 5.21. The molecule has 1 amide bonds. The highest BCUT2D eigenvalue weighted by Crippen LogP contribution is 2.28. The van der Waals surface area contributed by atoms with Crippen LogP contribution in [0.15, 0.2) is 0 Å². The van der Waals surface area contributed by atoms with E-state index in [2.05, 4.69) is 5.10 Å². The molecule has 1 unspecified atom stereocenters. The third-order valence-corrected chi connectivity index (χ3v) is 3.57. The number of halogens is 3. The Bertz CT molecular complexity index is 533. The van der Waals surface area contributed by atoms with E-state index in [1.165, 1.54) is 5.06 Å². The highest BCUT2D eigenvalue weighted by Gasteiger charge is 2.33. The number of aromatic nitrogens is 2. The minimum absolute atomic E-state index is 0.245. The molecule has 1 aromatic rings. The second-order valence-corrected chi connectivity index (χ2v) is 5.21. The molecule has 1 fully saturated rings. The number of amides is 1. The lowest BCUT2D eigenvalue weighted by molar-refractivity contribution is -0.170. The van der Waals surface area contributed by atoms with Gasteiger partial charge >= 0.3 is 6.18 Å². The monoisotopic (exact) mass is 305 g/mol. The summed E-state index contributed by atoms with van der Waals surface area (Å²) in [4.78, 5) is 17.5. The van der Waals surface area contributed by atoms with Gasteiger partial charge in [-0.05, 0) is 27.2 Å². The Morgan fingerprint density at radius 3 is 2.62 bits per heavy atom. The smallest absolute Gasteiger partial charge is 0.272 e. The first-order valence-corrected chi connectivity index (χ1v) is 6.75. The summed E-state index contributed by atoms with van der Waals surface area (Å²) >= 11 is 0. The predicted octanol–water partition coefficient (Wildman–Crippen LogP) is 2.33. The molecule has 21 heavy (non-hydrogen) atoms. The summed E-state index contributed by atoms with van der Waals surface area (Å²) < 4.78 is 38.4. The topological polar surface area (TPSA) is 47.4 Å². The molecule has 0 N–H and O–H groups in total. The SMILES string of the molecule is Cc1nn(CC(F)(F)F)c(C)c1C(C)C(=O)N1CCCO1. The molecule has 118 valence electrons. The first-order chi connectivity index (χ1) is 9.70. The van der Waals surface area contributed by atoms with Gasteiger partial charge in [0.25, 0.3) is 5.91 Å². The van der Waals surface area contributed by atoms with E-state index in [0.717, 1.165) is 11.1 Å². The van der Waals surface area contributed by atoms with Gasteiger partial charge in [-0.2, -0.15) is 18.3 Å². The third kappa shape index (κ3) is 3.37. The van der Waals surface area contributed by atoms with E-state index >= 15 is 0 Å². The van der Waals surface area contributed by atoms with Crippen LogP contribution in [0.5, 0.6) is 0 Å². The Kier molecular flexibility index (Phi) is 4.27. The molecule has 0 radical (unpaired) electrons. The van der Waals surface area contributed by atoms with E-state index in [4.69, 9.17) is 4.84 Å². The van der Waals surface area contributed by atoms with Gasteiger partial charge in [0.15, 0.2) is 0 Å². The fraction of sp³-hybridized carbons (Fsp3) is 0.692. The summed E-state index contributed by atoms with van der Waals surface area (Å²) in [6, 6.07) is 0. The van der Waals surface area contributed by atoms with Gasteiger partial charge in [-0.25, -0.2) is 5.06 Å². The molecule has 2 rings (SSSR count). The van der Waals surface area contributed by atoms with Crippen molar-refractivity contribution in [3.63, 3.8) is 0 Å². The van der Waals surface area contributed by atoms with Gasteiger partial charge in [-0.1, -0.05) is 0 Å². The molecule has 5 nitrogen and oxygen atoms in total. The van der Waals surface area contributed by atoms with Crippen LogP contribution in [0, 0.1) is 13.8 Å². The Labute approximate surface area is 120 Å². The van der Waals surface area contributed by atoms with E-state index in [1.54, 1.807) is 20.8 Å². The van der Waals surface area contributed by atoms with Crippen molar-refractivity contribution >= 4 is 5.91 Å². The molecular formula is C13H18F3N3O2. The average Bonchev–Trinajstić information content (AvgIpc) is 2.96. The van der Waals surface area contributed by atoms with Crippen LogP contribution in [0.2, 0.25) is 0 Å². The average molecular weight is 305 g/mol. The summed E-state index contributed by atoms with van der Waals surface area (Å²) in [5.74, 6) is -0.824. The maximum Gasteiger partial charge on any atom is 0.408 e. The van der Waals surface area contributed by atoms with Gasteiger partial charge < -0.3 is 0 Å². The molecule has 8 heteroatoms. The zero-order valence-electron chi connectivity index (χ0n) is 12.2. The number of hydroxylamine groups is 2. The molecule has 0 saturated carbocycles. The Morgan fingerprint density at radius 2 is 2.10 bits per heavy atom. The summed E-state index contributed by atoms with van der Waals surface area (Å²) in [7, 11) is 0. The molecule has 1 aliphatic heterocycles. The second kappa shape index (κ2) is 5.67. The van der Waals surface area contributed by atoms with E-state index in [1.807, 2.05) is 0 Å². The Morgan fingerprint density at radius 1 is 1.43 bits per heavy atom. The minimum atomic E-state index is -4.34. The Hall–Kier alpha value is -1.57. The van der Waals surface area contributed by atoms with Crippen molar-refractivity contribution in [1.29, 1.82) is 0 Å². The molecule has 0 spiro atoms. The fourth-order valence-corrected chi connectivity index (χ4v) is 2.62. The highest BCUT2D eigenvalue weighted by atomic mass is 19.4. The van der Waals surface area contributed by atoms with Crippen LogP contribution in [-0.2, 0) is 16.2 Å². The third-order valence-electron chi connectivity index (χ3n) is 3.57. The zero-order valence-corrected chi connectivity index (χ0v) is 12.2. The van der Waals surface area contributed by atoms with Crippen molar-refractivity contribution in [2.45, 2.75) is 45.8 Å². The zero-order chi connectivity index (χ0) is 15.8. The maximum atomic E-state index is 12.5. The summed E-state index contributed by atoms with van der Waals surface area (Å²) in [6.45, 7) is 4.68. The summed E-state index contributed by atoms with van der Waals surface area (Å²) in [5, 5.41) is 5.19. The van der Waals surface area contributed by atoms with Gasteiger partial charge in [-0.3, -0.25) is 14.3 Å². The number of alkyl halides is 3. The molecule has 1 atom stereocenters. The van der Waals surface area contributed by atoms with Gasteiger partial charge in [0.2, 0.25) is 0 Å². The van der Waals surface area contributed by atoms with Crippen LogP contribution in [0.3, 0.4) is 0 Å². The van der Waals surface area contributed by atoms with E-state index in [-0.39, 0.29) is 5.91 Å². The minimum Gasteiger partial charge on any atom is -0.272 e. The van der Waals surface area contributed by atoms with Crippen molar-refractivity contribution in [1.82, 2.24) is 14.8 Å².